The largest absolute Gasteiger partial charge is 0.545 e. The lowest BCUT2D eigenvalue weighted by molar-refractivity contribution is 0.0734. The van der Waals surface area contributed by atoms with Gasteiger partial charge >= 0.3 is 0 Å². The lowest BCUT2D eigenvalue weighted by Gasteiger charge is -2.50. The Balaban J connectivity index is 1.87. The van der Waals surface area contributed by atoms with Crippen LogP contribution in [0.1, 0.15) is 38.2 Å². The van der Waals surface area contributed by atoms with Crippen LogP contribution in [0.2, 0.25) is 19.6 Å². The number of hydrogen-bond donors (Lipinski definition) is 0. The van der Waals surface area contributed by atoms with E-state index in [0.29, 0.717) is 0 Å². The van der Waals surface area contributed by atoms with Gasteiger partial charge < -0.3 is 9.16 Å². The van der Waals surface area contributed by atoms with Crippen molar-refractivity contribution >= 4 is 8.32 Å². The molecule has 2 nitrogen and oxygen atoms in total. The highest BCUT2D eigenvalue weighted by atomic mass is 28.4. The van der Waals surface area contributed by atoms with E-state index in [9.17, 15) is 0 Å². The molecule has 27 heavy (non-hydrogen) atoms. The Morgan fingerprint density at radius 3 is 2.33 bits per heavy atom. The second kappa shape index (κ2) is 5.87. The lowest BCUT2D eigenvalue weighted by atomic mass is 9.52. The molecule has 0 saturated heterocycles. The van der Waals surface area contributed by atoms with Crippen LogP contribution in [0.5, 0.6) is 5.75 Å². The Morgan fingerprint density at radius 2 is 1.70 bits per heavy atom. The molecule has 0 unspecified atom stereocenters. The molecule has 3 atom stereocenters. The fourth-order valence-electron chi connectivity index (χ4n) is 5.88. The van der Waals surface area contributed by atoms with Crippen molar-refractivity contribution in [3.8, 4) is 5.75 Å². The molecular formula is C24H32O2Si. The SMILES string of the molecule is C=C(O[Si](C)(C)C)C1=C[C@]23C=C[C@]1(c1ccc(OC)cc1)[C@@]2(C)CCCC3. The number of allylic oxidation sites excluding steroid dienone is 4. The summed E-state index contributed by atoms with van der Waals surface area (Å²) in [6.07, 6.45) is 12.5. The zero-order valence-corrected chi connectivity index (χ0v) is 18.4. The van der Waals surface area contributed by atoms with E-state index >= 15 is 0 Å². The van der Waals surface area contributed by atoms with Crippen LogP contribution in [0.3, 0.4) is 0 Å². The van der Waals surface area contributed by atoms with E-state index in [4.69, 9.17) is 9.16 Å². The van der Waals surface area contributed by atoms with Crippen LogP contribution >= 0.6 is 0 Å². The van der Waals surface area contributed by atoms with E-state index < -0.39 is 8.32 Å². The zero-order chi connectivity index (χ0) is 19.5. The van der Waals surface area contributed by atoms with Gasteiger partial charge in [0.05, 0.1) is 12.9 Å². The fraction of sp³-hybridized carbons (Fsp3) is 0.500. The Labute approximate surface area is 165 Å². The maximum atomic E-state index is 6.43. The first-order chi connectivity index (χ1) is 12.7. The van der Waals surface area contributed by atoms with E-state index in [0.717, 1.165) is 11.5 Å². The van der Waals surface area contributed by atoms with Gasteiger partial charge in [-0.15, -0.1) is 0 Å². The number of ether oxygens (including phenoxy) is 1. The number of rotatable bonds is 5. The second-order valence-electron chi connectivity index (χ2n) is 9.65. The highest BCUT2D eigenvalue weighted by Crippen LogP contribution is 2.74. The molecule has 0 radical (unpaired) electrons. The first kappa shape index (κ1) is 18.6. The molecule has 0 heterocycles. The summed E-state index contributed by atoms with van der Waals surface area (Å²) in [5, 5.41) is 0. The third-order valence-corrected chi connectivity index (χ3v) is 8.01. The Morgan fingerprint density at radius 1 is 1.04 bits per heavy atom. The average molecular weight is 381 g/mol. The molecule has 0 N–H and O–H groups in total. The summed E-state index contributed by atoms with van der Waals surface area (Å²) in [6.45, 7) is 13.6. The van der Waals surface area contributed by atoms with Gasteiger partial charge in [-0.25, -0.2) is 0 Å². The Bertz CT molecular complexity index is 829. The van der Waals surface area contributed by atoms with Crippen molar-refractivity contribution in [1.29, 1.82) is 0 Å². The minimum absolute atomic E-state index is 0.131. The van der Waals surface area contributed by atoms with Gasteiger partial charge in [-0.3, -0.25) is 0 Å². The van der Waals surface area contributed by atoms with E-state index in [1.165, 1.54) is 36.8 Å². The molecule has 3 aliphatic carbocycles. The maximum absolute atomic E-state index is 6.43. The lowest BCUT2D eigenvalue weighted by Crippen LogP contribution is -2.46. The van der Waals surface area contributed by atoms with Crippen LogP contribution in [-0.2, 0) is 9.84 Å². The Kier molecular flexibility index (Phi) is 4.05. The van der Waals surface area contributed by atoms with Crippen LogP contribution < -0.4 is 4.74 Å². The molecule has 3 aliphatic rings. The monoisotopic (exact) mass is 380 g/mol. The summed E-state index contributed by atoms with van der Waals surface area (Å²) in [6, 6.07) is 8.64. The number of benzene rings is 1. The molecule has 0 amide bonds. The normalized spacial score (nSPS) is 34.2. The van der Waals surface area contributed by atoms with E-state index in [1.807, 2.05) is 0 Å². The summed E-state index contributed by atoms with van der Waals surface area (Å²) in [5.74, 6) is 1.78. The molecule has 144 valence electrons. The fourth-order valence-corrected chi connectivity index (χ4v) is 6.73. The number of hydrogen-bond acceptors (Lipinski definition) is 2. The minimum Gasteiger partial charge on any atom is -0.545 e. The molecular weight excluding hydrogens is 348 g/mol. The van der Waals surface area contributed by atoms with Crippen LogP contribution in [0, 0.1) is 10.8 Å². The predicted octanol–water partition coefficient (Wildman–Crippen LogP) is 6.37. The highest BCUT2D eigenvalue weighted by Gasteiger charge is 2.68. The van der Waals surface area contributed by atoms with Crippen LogP contribution in [-0.4, -0.2) is 15.4 Å². The molecule has 3 heteroatoms. The molecule has 2 bridgehead atoms. The second-order valence-corrected chi connectivity index (χ2v) is 14.1. The highest BCUT2D eigenvalue weighted by molar-refractivity contribution is 6.70. The van der Waals surface area contributed by atoms with Crippen molar-refractivity contribution in [2.45, 2.75) is 57.7 Å². The molecule has 0 aromatic heterocycles. The summed E-state index contributed by atoms with van der Waals surface area (Å²) in [7, 11) is -0.000854. The third-order valence-electron chi connectivity index (χ3n) is 7.15. The van der Waals surface area contributed by atoms with Crippen molar-refractivity contribution in [2.24, 2.45) is 10.8 Å². The van der Waals surface area contributed by atoms with Gasteiger partial charge in [-0.2, -0.15) is 0 Å². The van der Waals surface area contributed by atoms with E-state index in [1.54, 1.807) is 7.11 Å². The van der Waals surface area contributed by atoms with Gasteiger partial charge in [0, 0.05) is 16.4 Å². The molecule has 1 fully saturated rings. The first-order valence-electron chi connectivity index (χ1n) is 10.1. The molecule has 1 saturated carbocycles. The summed E-state index contributed by atoms with van der Waals surface area (Å²) in [4.78, 5) is 0. The van der Waals surface area contributed by atoms with Gasteiger partial charge in [0.1, 0.15) is 5.75 Å². The standard InChI is InChI=1S/C24H32O2Si/c1-18(26-27(4,5)6)21-17-23-14-8-7-13-22(23,2)24(21,16-15-23)19-9-11-20(25-3)12-10-19/h9-12,15-17H,1,7-8,13-14H2,2-6H3/t22-,23-,24+/m0/s1. The third kappa shape index (κ3) is 2.43. The van der Waals surface area contributed by atoms with Crippen LogP contribution in [0.15, 0.2) is 60.4 Å². The molecule has 4 rings (SSSR count). The summed E-state index contributed by atoms with van der Waals surface area (Å²) in [5.41, 5.74) is 2.74. The molecule has 0 spiro atoms. The van der Waals surface area contributed by atoms with E-state index in [2.05, 4.69) is 75.6 Å². The first-order valence-corrected chi connectivity index (χ1v) is 13.5. The molecule has 1 aromatic rings. The minimum atomic E-state index is -1.72. The van der Waals surface area contributed by atoms with Crippen molar-refractivity contribution in [3.63, 3.8) is 0 Å². The van der Waals surface area contributed by atoms with Crippen LogP contribution in [0.4, 0.5) is 0 Å². The quantitative estimate of drug-likeness (QED) is 0.335. The maximum Gasteiger partial charge on any atom is 0.242 e. The van der Waals surface area contributed by atoms with Gasteiger partial charge in [0.2, 0.25) is 8.32 Å². The van der Waals surface area contributed by atoms with Crippen molar-refractivity contribution < 1.29 is 9.16 Å². The van der Waals surface area contributed by atoms with Gasteiger partial charge in [0.25, 0.3) is 0 Å². The summed E-state index contributed by atoms with van der Waals surface area (Å²) < 4.78 is 11.8. The van der Waals surface area contributed by atoms with Gasteiger partial charge in [-0.05, 0) is 55.6 Å². The van der Waals surface area contributed by atoms with Crippen molar-refractivity contribution in [2.75, 3.05) is 7.11 Å². The van der Waals surface area contributed by atoms with Crippen molar-refractivity contribution in [3.05, 3.63) is 66.0 Å². The predicted molar refractivity (Wildman–Crippen MR) is 114 cm³/mol. The smallest absolute Gasteiger partial charge is 0.242 e. The average Bonchev–Trinajstić information content (AvgIpc) is 3.02. The van der Waals surface area contributed by atoms with Crippen LogP contribution in [0.25, 0.3) is 0 Å². The Hall–Kier alpha value is -1.74. The topological polar surface area (TPSA) is 18.5 Å². The molecule has 1 aromatic carbocycles. The van der Waals surface area contributed by atoms with Gasteiger partial charge in [0.15, 0.2) is 0 Å². The van der Waals surface area contributed by atoms with Crippen molar-refractivity contribution in [1.82, 2.24) is 0 Å². The zero-order valence-electron chi connectivity index (χ0n) is 17.4. The molecule has 0 aliphatic heterocycles. The summed E-state index contributed by atoms with van der Waals surface area (Å²) >= 11 is 0. The number of methoxy groups -OCH3 is 1. The van der Waals surface area contributed by atoms with E-state index in [-0.39, 0.29) is 16.2 Å². The van der Waals surface area contributed by atoms with Gasteiger partial charge in [-0.1, -0.05) is 56.7 Å².